The van der Waals surface area contributed by atoms with Crippen molar-refractivity contribution in [3.05, 3.63) is 73.0 Å². The maximum atomic E-state index is 10.1. The van der Waals surface area contributed by atoms with Crippen molar-refractivity contribution in [2.45, 2.75) is 19.8 Å². The van der Waals surface area contributed by atoms with Gasteiger partial charge >= 0.3 is 0 Å². The number of hydrogen-bond donors (Lipinski definition) is 3. The Bertz CT molecular complexity index is 1200. The lowest BCUT2D eigenvalue weighted by Gasteiger charge is -2.25. The summed E-state index contributed by atoms with van der Waals surface area (Å²) in [7, 11) is 0. The minimum atomic E-state index is -0.508. The summed E-state index contributed by atoms with van der Waals surface area (Å²) < 4.78 is 6.66. The van der Waals surface area contributed by atoms with Gasteiger partial charge in [-0.1, -0.05) is 23.8 Å². The number of aryl methyl sites for hydroxylation is 2. The van der Waals surface area contributed by atoms with E-state index < -0.39 is 5.92 Å². The van der Waals surface area contributed by atoms with E-state index in [-0.39, 0.29) is 17.2 Å². The van der Waals surface area contributed by atoms with Crippen LogP contribution >= 0.6 is 31.9 Å². The van der Waals surface area contributed by atoms with Crippen molar-refractivity contribution < 1.29 is 9.84 Å². The second-order valence-electron chi connectivity index (χ2n) is 6.89. The predicted molar refractivity (Wildman–Crippen MR) is 116 cm³/mol. The average molecular weight is 516 g/mol. The molecule has 4 N–H and O–H groups in total. The molecule has 2 heterocycles. The van der Waals surface area contributed by atoms with E-state index in [1.807, 2.05) is 26.0 Å². The highest BCUT2D eigenvalue weighted by atomic mass is 79.9. The van der Waals surface area contributed by atoms with Gasteiger partial charge in [0, 0.05) is 5.56 Å². The Hall–Kier alpha value is -2.76. The zero-order chi connectivity index (χ0) is 20.9. The van der Waals surface area contributed by atoms with Crippen molar-refractivity contribution in [1.82, 2.24) is 10.2 Å². The fourth-order valence-electron chi connectivity index (χ4n) is 3.63. The van der Waals surface area contributed by atoms with Gasteiger partial charge in [-0.2, -0.15) is 5.26 Å². The first-order chi connectivity index (χ1) is 13.8. The summed E-state index contributed by atoms with van der Waals surface area (Å²) in [5, 5.41) is 27.3. The van der Waals surface area contributed by atoms with Crippen LogP contribution in [0, 0.1) is 25.2 Å². The fraction of sp³-hybridized carbons (Fsp3) is 0.143. The summed E-state index contributed by atoms with van der Waals surface area (Å²) in [6.07, 6.45) is 0. The molecule has 1 aliphatic heterocycles. The first kappa shape index (κ1) is 19.6. The number of rotatable bonds is 2. The molecule has 0 spiro atoms. The Labute approximate surface area is 184 Å². The first-order valence-electron chi connectivity index (χ1n) is 8.73. The predicted octanol–water partition coefficient (Wildman–Crippen LogP) is 5.14. The standard InChI is InChI=1S/C21H16Br2N4O2/c1-9-3-4-12(10(2)5-9)18-17-16(11-6-14(22)19(28)15(23)7-11)13(8-24)20(25)29-21(17)27-26-18/h3-7,16,28H,25H2,1-2H3,(H,26,27)/t16-/m1/s1. The maximum Gasteiger partial charge on any atom is 0.244 e. The number of nitrogens with zero attached hydrogens (tertiary/aromatic N) is 2. The zero-order valence-corrected chi connectivity index (χ0v) is 18.7. The van der Waals surface area contributed by atoms with Crippen molar-refractivity contribution >= 4 is 31.9 Å². The largest absolute Gasteiger partial charge is 0.506 e. The second kappa shape index (κ2) is 7.25. The number of H-pyrrole nitrogens is 1. The molecule has 1 atom stereocenters. The van der Waals surface area contributed by atoms with E-state index in [0.29, 0.717) is 14.8 Å². The highest BCUT2D eigenvalue weighted by Gasteiger charge is 2.36. The van der Waals surface area contributed by atoms with Gasteiger partial charge in [-0.25, -0.2) is 0 Å². The van der Waals surface area contributed by atoms with Crippen molar-refractivity contribution in [3.63, 3.8) is 0 Å². The molecule has 0 amide bonds. The topological polar surface area (TPSA) is 108 Å². The van der Waals surface area contributed by atoms with Crippen LogP contribution in [0.4, 0.5) is 0 Å². The molecule has 0 saturated heterocycles. The SMILES string of the molecule is Cc1ccc(-c2[nH]nc3c2[C@H](c2cc(Br)c(O)c(Br)c2)C(C#N)=C(N)O3)c(C)c1. The number of aromatic hydroxyl groups is 1. The minimum Gasteiger partial charge on any atom is -0.506 e. The number of allylic oxidation sites excluding steroid dienone is 1. The van der Waals surface area contributed by atoms with Crippen LogP contribution in [0.15, 0.2) is 50.7 Å². The third-order valence-electron chi connectivity index (χ3n) is 4.96. The van der Waals surface area contributed by atoms with Crippen LogP contribution in [-0.2, 0) is 0 Å². The average Bonchev–Trinajstić information content (AvgIpc) is 3.07. The van der Waals surface area contributed by atoms with E-state index in [0.717, 1.165) is 33.5 Å². The summed E-state index contributed by atoms with van der Waals surface area (Å²) in [5.41, 5.74) is 11.8. The van der Waals surface area contributed by atoms with E-state index in [4.69, 9.17) is 10.5 Å². The minimum absolute atomic E-state index is 0.0176. The monoisotopic (exact) mass is 514 g/mol. The number of halogens is 2. The molecule has 1 aromatic heterocycles. The van der Waals surface area contributed by atoms with Gasteiger partial charge in [-0.15, -0.1) is 5.10 Å². The second-order valence-corrected chi connectivity index (χ2v) is 8.60. The molecule has 1 aliphatic rings. The normalized spacial score (nSPS) is 15.6. The van der Waals surface area contributed by atoms with Crippen LogP contribution in [0.3, 0.4) is 0 Å². The van der Waals surface area contributed by atoms with E-state index >= 15 is 0 Å². The third-order valence-corrected chi connectivity index (χ3v) is 6.17. The Kier molecular flexibility index (Phi) is 4.89. The van der Waals surface area contributed by atoms with Crippen LogP contribution in [0.5, 0.6) is 11.6 Å². The summed E-state index contributed by atoms with van der Waals surface area (Å²) in [6, 6.07) is 11.9. The van der Waals surface area contributed by atoms with Crippen LogP contribution in [0.1, 0.15) is 28.2 Å². The third kappa shape index (κ3) is 3.20. The van der Waals surface area contributed by atoms with Gasteiger partial charge in [0.2, 0.25) is 11.8 Å². The summed E-state index contributed by atoms with van der Waals surface area (Å²) in [4.78, 5) is 0. The van der Waals surface area contributed by atoms with E-state index in [2.05, 4.69) is 54.2 Å². The summed E-state index contributed by atoms with van der Waals surface area (Å²) in [6.45, 7) is 4.06. The molecule has 0 aliphatic carbocycles. The number of nitrogens with two attached hydrogens (primary N) is 1. The van der Waals surface area contributed by atoms with Crippen LogP contribution < -0.4 is 10.5 Å². The smallest absolute Gasteiger partial charge is 0.244 e. The van der Waals surface area contributed by atoms with Gasteiger partial charge in [0.15, 0.2) is 0 Å². The molecule has 0 bridgehead atoms. The van der Waals surface area contributed by atoms with Crippen LogP contribution in [0.25, 0.3) is 11.3 Å². The number of aromatic nitrogens is 2. The van der Waals surface area contributed by atoms with Crippen molar-refractivity contribution in [1.29, 1.82) is 5.26 Å². The Morgan fingerprint density at radius 3 is 2.52 bits per heavy atom. The van der Waals surface area contributed by atoms with Gasteiger partial charge in [0.25, 0.3) is 0 Å². The van der Waals surface area contributed by atoms with Gasteiger partial charge in [0.1, 0.15) is 17.4 Å². The lowest BCUT2D eigenvalue weighted by molar-refractivity contribution is 0.379. The van der Waals surface area contributed by atoms with E-state index in [9.17, 15) is 10.4 Å². The van der Waals surface area contributed by atoms with Gasteiger partial charge < -0.3 is 15.6 Å². The number of nitriles is 1. The number of aromatic amines is 1. The number of nitrogens with one attached hydrogen (secondary N) is 1. The molecule has 0 fully saturated rings. The van der Waals surface area contributed by atoms with E-state index in [1.165, 1.54) is 0 Å². The van der Waals surface area contributed by atoms with Crippen molar-refractivity contribution in [3.8, 4) is 29.0 Å². The molecular weight excluding hydrogens is 500 g/mol. The molecule has 8 heteroatoms. The fourth-order valence-corrected chi connectivity index (χ4v) is 4.85. The van der Waals surface area contributed by atoms with Crippen molar-refractivity contribution in [2.75, 3.05) is 0 Å². The summed E-state index contributed by atoms with van der Waals surface area (Å²) >= 11 is 6.74. The lowest BCUT2D eigenvalue weighted by atomic mass is 9.82. The molecule has 4 rings (SSSR count). The molecule has 0 saturated carbocycles. The van der Waals surface area contributed by atoms with Crippen molar-refractivity contribution in [2.24, 2.45) is 5.73 Å². The van der Waals surface area contributed by atoms with Crippen LogP contribution in [-0.4, -0.2) is 15.3 Å². The molecule has 3 aromatic rings. The van der Waals surface area contributed by atoms with Gasteiger partial charge in [-0.3, -0.25) is 5.10 Å². The number of benzene rings is 2. The molecule has 0 radical (unpaired) electrons. The maximum absolute atomic E-state index is 10.1. The Balaban J connectivity index is 2.00. The molecule has 2 aromatic carbocycles. The number of fused-ring (bicyclic) bond motifs is 1. The number of phenols is 1. The zero-order valence-electron chi connectivity index (χ0n) is 15.5. The number of hydrogen-bond acceptors (Lipinski definition) is 5. The highest BCUT2D eigenvalue weighted by molar-refractivity contribution is 9.11. The van der Waals surface area contributed by atoms with Crippen LogP contribution in [0.2, 0.25) is 0 Å². The highest BCUT2D eigenvalue weighted by Crippen LogP contribution is 2.48. The number of phenolic OH excluding ortho intramolecular Hbond substituents is 1. The Morgan fingerprint density at radius 1 is 1.21 bits per heavy atom. The molecular formula is C21H16Br2N4O2. The molecule has 6 nitrogen and oxygen atoms in total. The number of ether oxygens (including phenoxy) is 1. The molecule has 29 heavy (non-hydrogen) atoms. The van der Waals surface area contributed by atoms with E-state index in [1.54, 1.807) is 12.1 Å². The van der Waals surface area contributed by atoms with Gasteiger partial charge in [0.05, 0.1) is 26.1 Å². The quantitative estimate of drug-likeness (QED) is 0.437. The lowest BCUT2D eigenvalue weighted by Crippen LogP contribution is -2.21. The summed E-state index contributed by atoms with van der Waals surface area (Å²) in [5.74, 6) is -0.0736. The van der Waals surface area contributed by atoms with Gasteiger partial charge in [-0.05, 0) is 69.0 Å². The molecule has 0 unspecified atom stereocenters. The first-order valence-corrected chi connectivity index (χ1v) is 10.3. The Morgan fingerprint density at radius 2 is 1.90 bits per heavy atom. The molecule has 146 valence electrons.